The summed E-state index contributed by atoms with van der Waals surface area (Å²) in [5, 5.41) is 2.15. The summed E-state index contributed by atoms with van der Waals surface area (Å²) < 4.78 is 51.1. The molecule has 14 heteroatoms. The van der Waals surface area contributed by atoms with Gasteiger partial charge in [-0.1, -0.05) is 41.3 Å². The van der Waals surface area contributed by atoms with Crippen molar-refractivity contribution in [1.29, 1.82) is 0 Å². The molecule has 0 bridgehead atoms. The Morgan fingerprint density at radius 1 is 0.977 bits per heavy atom. The van der Waals surface area contributed by atoms with Crippen molar-refractivity contribution < 1.29 is 37.0 Å². The van der Waals surface area contributed by atoms with Crippen LogP contribution in [-0.4, -0.2) is 41.7 Å². The average Bonchev–Trinajstić information content (AvgIpc) is 3.50. The third-order valence-corrected chi connectivity index (χ3v) is 9.62. The third kappa shape index (κ3) is 5.57. The summed E-state index contributed by atoms with van der Waals surface area (Å²) in [4.78, 5) is 56.0. The molecule has 2 aliphatic heterocycles. The van der Waals surface area contributed by atoms with Crippen LogP contribution < -0.4 is 24.6 Å². The van der Waals surface area contributed by atoms with Crippen LogP contribution in [0.3, 0.4) is 0 Å². The van der Waals surface area contributed by atoms with Crippen LogP contribution in [0, 0.1) is 5.92 Å². The van der Waals surface area contributed by atoms with Crippen LogP contribution in [0.1, 0.15) is 21.9 Å². The number of hydrogen-bond donors (Lipinski definition) is 2. The first-order valence-electron chi connectivity index (χ1n) is 13.1. The van der Waals surface area contributed by atoms with Crippen molar-refractivity contribution in [3.05, 3.63) is 98.5 Å². The van der Waals surface area contributed by atoms with Crippen LogP contribution in [0.5, 0.6) is 11.5 Å². The number of nitrogens with one attached hydrogen (secondary N) is 2. The number of halogens is 3. The van der Waals surface area contributed by atoms with Crippen molar-refractivity contribution in [3.63, 3.8) is 0 Å². The number of hydrogen-bond acceptors (Lipinski definition) is 8. The molecule has 44 heavy (non-hydrogen) atoms. The van der Waals surface area contributed by atoms with E-state index >= 15 is 0 Å². The molecule has 3 atom stereocenters. The van der Waals surface area contributed by atoms with E-state index in [0.29, 0.717) is 32.7 Å². The number of aromatic nitrogens is 1. The molecule has 4 aromatic rings. The Kier molecular flexibility index (Phi) is 7.72. The van der Waals surface area contributed by atoms with Crippen LogP contribution in [0.4, 0.5) is 24.5 Å². The topological polar surface area (TPSA) is 118 Å². The smallest absolute Gasteiger partial charge is 0.416 e. The number of imide groups is 1. The molecule has 1 aromatic heterocycles. The van der Waals surface area contributed by atoms with Gasteiger partial charge in [0.1, 0.15) is 16.7 Å². The molecule has 0 radical (unpaired) electrons. The Hall–Kier alpha value is -4.56. The Balaban J connectivity index is 1.28. The highest BCUT2D eigenvalue weighted by Crippen LogP contribution is 2.53. The fourth-order valence-corrected chi connectivity index (χ4v) is 7.79. The van der Waals surface area contributed by atoms with Gasteiger partial charge in [-0.15, -0.1) is 0 Å². The molecule has 3 aromatic carbocycles. The van der Waals surface area contributed by atoms with Crippen LogP contribution in [0.25, 0.3) is 0 Å². The largest absolute Gasteiger partial charge is 0.497 e. The second-order valence-electron chi connectivity index (χ2n) is 9.95. The van der Waals surface area contributed by atoms with Crippen LogP contribution in [-0.2, 0) is 20.6 Å². The van der Waals surface area contributed by atoms with Gasteiger partial charge in [0.05, 0.1) is 29.3 Å². The lowest BCUT2D eigenvalue weighted by atomic mass is 9.83. The number of thioether (sulfide) groups is 1. The molecule has 0 spiro atoms. The van der Waals surface area contributed by atoms with E-state index in [4.69, 9.17) is 9.47 Å². The van der Waals surface area contributed by atoms with Gasteiger partial charge in [0, 0.05) is 16.5 Å². The molecular formula is C30H22F3N3O6S2. The van der Waals surface area contributed by atoms with Crippen molar-refractivity contribution >= 4 is 52.2 Å². The summed E-state index contributed by atoms with van der Waals surface area (Å²) >= 11 is 1.92. The number of aromatic amines is 1. The quantitative estimate of drug-likeness (QED) is 0.264. The fraction of sp³-hybridized carbons (Fsp3) is 0.200. The highest BCUT2D eigenvalue weighted by atomic mass is 32.2. The first kappa shape index (κ1) is 29.5. The van der Waals surface area contributed by atoms with Crippen molar-refractivity contribution in [3.8, 4) is 11.5 Å². The fourth-order valence-electron chi connectivity index (χ4n) is 5.27. The number of carbonyl (C=O) groups is 3. The maximum absolute atomic E-state index is 13.9. The van der Waals surface area contributed by atoms with E-state index < -0.39 is 46.5 Å². The van der Waals surface area contributed by atoms with Crippen LogP contribution in [0.2, 0.25) is 0 Å². The summed E-state index contributed by atoms with van der Waals surface area (Å²) in [7, 11) is 1.53. The molecule has 1 saturated heterocycles. The van der Waals surface area contributed by atoms with Gasteiger partial charge in [-0.3, -0.25) is 19.2 Å². The number of methoxy groups -OCH3 is 1. The number of thiazole rings is 1. The van der Waals surface area contributed by atoms with Gasteiger partial charge >= 0.3 is 11.0 Å². The lowest BCUT2D eigenvalue weighted by molar-refractivity contribution is -0.137. The van der Waals surface area contributed by atoms with Crippen molar-refractivity contribution in [1.82, 2.24) is 4.98 Å². The normalized spacial score (nSPS) is 19.4. The number of H-pyrrole nitrogens is 1. The summed E-state index contributed by atoms with van der Waals surface area (Å²) in [5.41, 5.74) is -0.0835. The average molecular weight is 642 g/mol. The predicted molar refractivity (Wildman–Crippen MR) is 157 cm³/mol. The van der Waals surface area contributed by atoms with Crippen LogP contribution >= 0.6 is 23.1 Å². The standard InChI is InChI=1S/C30H22F3N3O6S2/c1-41-19-10-8-17(9-11-19)34-21(37)14-42-20-7-2-4-15(12-20)22-23-25(43-26-24(22)44-29(40)35-26)28(39)36(27(23)38)18-6-3-5-16(13-18)30(31,32)33/h2-13,22-23,25H,14H2,1H3,(H,34,37)(H,35,40)/t22-,23?,25?/m1/s1. The molecule has 0 saturated carbocycles. The minimum absolute atomic E-state index is 0.180. The summed E-state index contributed by atoms with van der Waals surface area (Å²) in [5.74, 6) is -2.61. The Bertz CT molecular complexity index is 1820. The number of rotatable bonds is 7. The second kappa shape index (κ2) is 11.5. The minimum atomic E-state index is -4.67. The Morgan fingerprint density at radius 3 is 2.45 bits per heavy atom. The van der Waals surface area contributed by atoms with Gasteiger partial charge in [-0.05, 0) is 60.2 Å². The molecule has 0 aliphatic carbocycles. The lowest BCUT2D eigenvalue weighted by Crippen LogP contribution is -2.32. The highest BCUT2D eigenvalue weighted by Gasteiger charge is 2.56. The number of carbonyl (C=O) groups excluding carboxylic acids is 3. The van der Waals surface area contributed by atoms with Gasteiger partial charge in [-0.2, -0.15) is 13.2 Å². The zero-order chi connectivity index (χ0) is 31.2. The number of benzene rings is 3. The molecular weight excluding hydrogens is 619 g/mol. The maximum atomic E-state index is 13.9. The van der Waals surface area contributed by atoms with Gasteiger partial charge in [0.2, 0.25) is 11.8 Å². The maximum Gasteiger partial charge on any atom is 0.416 e. The van der Waals surface area contributed by atoms with Crippen molar-refractivity contribution in [2.24, 2.45) is 5.92 Å². The number of nitrogens with zero attached hydrogens (tertiary/aromatic N) is 1. The second-order valence-corrected chi connectivity index (χ2v) is 12.1. The SMILES string of the molecule is COc1ccc(NC(=O)COc2cccc([C@H]3c4sc(=O)[nH]c4SC4C(=O)N(c5cccc(C(F)(F)F)c5)C(=O)C43)c2)cc1. The molecule has 3 heterocycles. The van der Waals surface area contributed by atoms with Crippen LogP contribution in [0.15, 0.2) is 82.6 Å². The zero-order valence-electron chi connectivity index (χ0n) is 22.7. The number of anilines is 2. The van der Waals surface area contributed by atoms with Gasteiger partial charge in [0.15, 0.2) is 6.61 Å². The highest BCUT2D eigenvalue weighted by molar-refractivity contribution is 8.00. The number of fused-ring (bicyclic) bond motifs is 2. The summed E-state index contributed by atoms with van der Waals surface area (Å²) in [6.45, 7) is -0.328. The lowest BCUT2D eigenvalue weighted by Gasteiger charge is -2.30. The van der Waals surface area contributed by atoms with Crippen molar-refractivity contribution in [2.45, 2.75) is 22.4 Å². The van der Waals surface area contributed by atoms with E-state index in [1.54, 1.807) is 48.5 Å². The molecule has 2 unspecified atom stereocenters. The minimum Gasteiger partial charge on any atom is -0.497 e. The van der Waals surface area contributed by atoms with Gasteiger partial charge in [-0.25, -0.2) is 4.90 Å². The number of ether oxygens (including phenoxy) is 2. The Labute approximate surface area is 256 Å². The van der Waals surface area contributed by atoms with E-state index in [0.717, 1.165) is 46.2 Å². The monoisotopic (exact) mass is 641 g/mol. The van der Waals surface area contributed by atoms with E-state index in [9.17, 15) is 32.3 Å². The third-order valence-electron chi connectivity index (χ3n) is 7.22. The molecule has 6 rings (SSSR count). The number of alkyl halides is 3. The number of amides is 3. The van der Waals surface area contributed by atoms with Gasteiger partial charge in [0.25, 0.3) is 5.91 Å². The molecule has 2 N–H and O–H groups in total. The molecule has 226 valence electrons. The molecule has 1 fully saturated rings. The van der Waals surface area contributed by atoms with E-state index in [2.05, 4.69) is 10.3 Å². The molecule has 3 amide bonds. The van der Waals surface area contributed by atoms with Gasteiger partial charge < -0.3 is 19.8 Å². The zero-order valence-corrected chi connectivity index (χ0v) is 24.3. The molecule has 2 aliphatic rings. The summed E-state index contributed by atoms with van der Waals surface area (Å²) in [6, 6.07) is 17.4. The summed E-state index contributed by atoms with van der Waals surface area (Å²) in [6.07, 6.45) is -4.67. The van der Waals surface area contributed by atoms with Crippen molar-refractivity contribution in [2.75, 3.05) is 23.9 Å². The first-order valence-corrected chi connectivity index (χ1v) is 14.8. The predicted octanol–water partition coefficient (Wildman–Crippen LogP) is 5.28. The first-order chi connectivity index (χ1) is 21.0. The van der Waals surface area contributed by atoms with E-state index in [-0.39, 0.29) is 17.2 Å². The van der Waals surface area contributed by atoms with E-state index in [1.807, 2.05) is 0 Å². The molecule has 9 nitrogen and oxygen atoms in total. The van der Waals surface area contributed by atoms with E-state index in [1.165, 1.54) is 13.2 Å². The Morgan fingerprint density at radius 2 is 1.73 bits per heavy atom.